The molecule has 5 aromatic carbocycles. The van der Waals surface area contributed by atoms with Crippen molar-refractivity contribution < 1.29 is 9.47 Å². The van der Waals surface area contributed by atoms with Crippen molar-refractivity contribution in [2.75, 3.05) is 25.1 Å². The Labute approximate surface area is 254 Å². The van der Waals surface area contributed by atoms with Crippen LogP contribution in [0.3, 0.4) is 0 Å². The number of nitrogens with zero attached hydrogens (tertiary/aromatic N) is 1. The summed E-state index contributed by atoms with van der Waals surface area (Å²) < 4.78 is 13.0. The average Bonchev–Trinajstić information content (AvgIpc) is 3.32. The lowest BCUT2D eigenvalue weighted by molar-refractivity contribution is 0.163. The summed E-state index contributed by atoms with van der Waals surface area (Å²) in [6, 6.07) is 35.1. The molecule has 1 fully saturated rings. The molecule has 1 atom stereocenters. The van der Waals surface area contributed by atoms with Crippen LogP contribution in [0, 0.1) is 0 Å². The smallest absolute Gasteiger partial charge is 0.178 e. The fourth-order valence-electron chi connectivity index (χ4n) is 7.79. The van der Waals surface area contributed by atoms with E-state index in [1.807, 2.05) is 12.1 Å². The molecule has 2 heterocycles. The maximum atomic E-state index is 7.44. The van der Waals surface area contributed by atoms with Crippen LogP contribution in [0.1, 0.15) is 60.9 Å². The number of piperidine rings is 1. The molecular weight excluding hydrogens is 526 g/mol. The van der Waals surface area contributed by atoms with E-state index >= 15 is 0 Å². The van der Waals surface area contributed by atoms with Crippen molar-refractivity contribution in [2.45, 2.75) is 44.1 Å². The van der Waals surface area contributed by atoms with Gasteiger partial charge in [-0.05, 0) is 77.2 Å². The van der Waals surface area contributed by atoms with E-state index < -0.39 is 5.60 Å². The minimum Gasteiger partial charge on any atom is -0.497 e. The molecule has 3 aliphatic rings. The summed E-state index contributed by atoms with van der Waals surface area (Å²) in [7, 11) is 1.71. The SMILES string of the molecule is COc1ccc(C2(c3ccc(N4CCCCC4)cc3)C=Cc3c4c(c5ccccc5c3O2)-c2ccccc2C4(C)C)cc1. The molecular formula is C40H37NO2. The lowest BCUT2D eigenvalue weighted by atomic mass is 9.77. The molecule has 0 saturated carbocycles. The second kappa shape index (κ2) is 9.77. The molecule has 0 amide bonds. The Bertz CT molecular complexity index is 1880. The highest BCUT2D eigenvalue weighted by Crippen LogP contribution is 2.58. The van der Waals surface area contributed by atoms with Crippen LogP contribution in [0.25, 0.3) is 28.0 Å². The standard InChI is InChI=1S/C40H37NO2/c1-39(2)35-14-8-7-13-33(35)36-31-11-5-6-12-32(31)38-34(37(36)39)23-24-40(43-38,28-17-21-30(42-3)22-18-28)27-15-19-29(20-16-27)41-25-9-4-10-26-41/h5-8,11-24H,4,9-10,25-26H2,1-3H3. The molecule has 1 saturated heterocycles. The zero-order valence-electron chi connectivity index (χ0n) is 25.2. The van der Waals surface area contributed by atoms with Gasteiger partial charge in [-0.2, -0.15) is 0 Å². The third-order valence-electron chi connectivity index (χ3n) is 9.98. The van der Waals surface area contributed by atoms with E-state index in [-0.39, 0.29) is 5.41 Å². The van der Waals surface area contributed by atoms with Gasteiger partial charge in [-0.1, -0.05) is 92.7 Å². The number of hydrogen-bond acceptors (Lipinski definition) is 3. The quantitative estimate of drug-likeness (QED) is 0.217. The Kier molecular flexibility index (Phi) is 5.94. The number of rotatable bonds is 4. The van der Waals surface area contributed by atoms with Gasteiger partial charge in [0.15, 0.2) is 5.60 Å². The molecule has 2 aliphatic heterocycles. The van der Waals surface area contributed by atoms with Crippen LogP contribution in [0.4, 0.5) is 5.69 Å². The largest absolute Gasteiger partial charge is 0.497 e. The van der Waals surface area contributed by atoms with Crippen LogP contribution >= 0.6 is 0 Å². The number of fused-ring (bicyclic) bond motifs is 8. The molecule has 3 heteroatoms. The highest BCUT2D eigenvalue weighted by Gasteiger charge is 2.44. The van der Waals surface area contributed by atoms with Crippen LogP contribution in [0.15, 0.2) is 103 Å². The van der Waals surface area contributed by atoms with Crippen molar-refractivity contribution in [3.8, 4) is 22.6 Å². The summed E-state index contributed by atoms with van der Waals surface area (Å²) in [4.78, 5) is 2.51. The summed E-state index contributed by atoms with van der Waals surface area (Å²) in [5, 5.41) is 2.39. The van der Waals surface area contributed by atoms with Crippen molar-refractivity contribution in [3.63, 3.8) is 0 Å². The monoisotopic (exact) mass is 563 g/mol. The van der Waals surface area contributed by atoms with E-state index in [0.717, 1.165) is 41.1 Å². The normalized spacial score (nSPS) is 19.8. The predicted octanol–water partition coefficient (Wildman–Crippen LogP) is 9.49. The van der Waals surface area contributed by atoms with Gasteiger partial charge >= 0.3 is 0 Å². The Morgan fingerprint density at radius 3 is 2.09 bits per heavy atom. The molecule has 0 N–H and O–H groups in total. The van der Waals surface area contributed by atoms with Gasteiger partial charge in [0, 0.05) is 46.3 Å². The zero-order chi connectivity index (χ0) is 29.2. The summed E-state index contributed by atoms with van der Waals surface area (Å²) in [6.45, 7) is 6.96. The number of anilines is 1. The predicted molar refractivity (Wildman–Crippen MR) is 177 cm³/mol. The maximum Gasteiger partial charge on any atom is 0.178 e. The first-order valence-corrected chi connectivity index (χ1v) is 15.6. The maximum absolute atomic E-state index is 7.44. The molecule has 43 heavy (non-hydrogen) atoms. The van der Waals surface area contributed by atoms with Crippen LogP contribution in [0.5, 0.6) is 11.5 Å². The Morgan fingerprint density at radius 1 is 0.721 bits per heavy atom. The molecule has 8 rings (SSSR count). The van der Waals surface area contributed by atoms with Crippen LogP contribution in [-0.4, -0.2) is 20.2 Å². The van der Waals surface area contributed by atoms with E-state index in [1.54, 1.807) is 7.11 Å². The summed E-state index contributed by atoms with van der Waals surface area (Å²) in [5.74, 6) is 1.79. The van der Waals surface area contributed by atoms with Crippen LogP contribution < -0.4 is 14.4 Å². The second-order valence-electron chi connectivity index (χ2n) is 12.7. The number of ether oxygens (including phenoxy) is 2. The lowest BCUT2D eigenvalue weighted by Gasteiger charge is -2.39. The third kappa shape index (κ3) is 3.87. The van der Waals surface area contributed by atoms with Gasteiger partial charge in [0.05, 0.1) is 7.11 Å². The molecule has 214 valence electrons. The molecule has 3 nitrogen and oxygen atoms in total. The first kappa shape index (κ1) is 26.2. The molecule has 0 radical (unpaired) electrons. The topological polar surface area (TPSA) is 21.7 Å². The van der Waals surface area contributed by atoms with Gasteiger partial charge in [0.25, 0.3) is 0 Å². The van der Waals surface area contributed by atoms with Gasteiger partial charge in [-0.3, -0.25) is 0 Å². The molecule has 1 unspecified atom stereocenters. The van der Waals surface area contributed by atoms with Gasteiger partial charge in [-0.15, -0.1) is 0 Å². The fourth-order valence-corrected chi connectivity index (χ4v) is 7.79. The second-order valence-corrected chi connectivity index (χ2v) is 12.7. The lowest BCUT2D eigenvalue weighted by Crippen LogP contribution is -2.35. The van der Waals surface area contributed by atoms with E-state index in [4.69, 9.17) is 9.47 Å². The van der Waals surface area contributed by atoms with Crippen LogP contribution in [-0.2, 0) is 11.0 Å². The van der Waals surface area contributed by atoms with Gasteiger partial charge in [0.2, 0.25) is 0 Å². The highest BCUT2D eigenvalue weighted by molar-refractivity contribution is 6.08. The van der Waals surface area contributed by atoms with Crippen LogP contribution in [0.2, 0.25) is 0 Å². The highest BCUT2D eigenvalue weighted by atomic mass is 16.5. The summed E-state index contributed by atoms with van der Waals surface area (Å²) in [6.07, 6.45) is 8.46. The first-order chi connectivity index (χ1) is 21.0. The Balaban J connectivity index is 1.34. The van der Waals surface area contributed by atoms with Gasteiger partial charge in [-0.25, -0.2) is 0 Å². The Hall–Kier alpha value is -4.50. The zero-order valence-corrected chi connectivity index (χ0v) is 25.2. The van der Waals surface area contributed by atoms with Crippen molar-refractivity contribution in [1.82, 2.24) is 0 Å². The molecule has 0 spiro atoms. The van der Waals surface area contributed by atoms with Crippen molar-refractivity contribution in [2.24, 2.45) is 0 Å². The minimum atomic E-state index is -0.785. The summed E-state index contributed by atoms with van der Waals surface area (Å²) >= 11 is 0. The molecule has 0 bridgehead atoms. The fraction of sp³-hybridized carbons (Fsp3) is 0.250. The first-order valence-electron chi connectivity index (χ1n) is 15.6. The van der Waals surface area contributed by atoms with Gasteiger partial charge < -0.3 is 14.4 Å². The molecule has 5 aromatic rings. The average molecular weight is 564 g/mol. The van der Waals surface area contributed by atoms with Crippen molar-refractivity contribution in [1.29, 1.82) is 0 Å². The van der Waals surface area contributed by atoms with Crippen molar-refractivity contribution >= 4 is 22.5 Å². The minimum absolute atomic E-state index is 0.149. The molecule has 0 aromatic heterocycles. The Morgan fingerprint density at radius 2 is 1.37 bits per heavy atom. The van der Waals surface area contributed by atoms with E-state index in [9.17, 15) is 0 Å². The molecule has 1 aliphatic carbocycles. The van der Waals surface area contributed by atoms with E-state index in [1.165, 1.54) is 58.2 Å². The van der Waals surface area contributed by atoms with Crippen molar-refractivity contribution in [3.05, 3.63) is 131 Å². The van der Waals surface area contributed by atoms with E-state index in [0.29, 0.717) is 0 Å². The van der Waals surface area contributed by atoms with Gasteiger partial charge in [0.1, 0.15) is 11.5 Å². The number of methoxy groups -OCH3 is 1. The van der Waals surface area contributed by atoms with E-state index in [2.05, 4.69) is 116 Å². The third-order valence-corrected chi connectivity index (χ3v) is 9.98. The number of hydrogen-bond donors (Lipinski definition) is 0. The summed E-state index contributed by atoms with van der Waals surface area (Å²) in [5.41, 5.74) is 9.12. The number of benzene rings is 5.